The van der Waals surface area contributed by atoms with Crippen molar-refractivity contribution >= 4 is 21.7 Å². The van der Waals surface area contributed by atoms with Gasteiger partial charge in [-0.3, -0.25) is 4.79 Å². The van der Waals surface area contributed by atoms with Crippen LogP contribution in [0, 0.1) is 0 Å². The molecule has 0 atom stereocenters. The van der Waals surface area contributed by atoms with Crippen molar-refractivity contribution < 1.29 is 13.2 Å². The summed E-state index contributed by atoms with van der Waals surface area (Å²) in [6.07, 6.45) is 2.57. The molecule has 1 heterocycles. The largest absolute Gasteiger partial charge is 0.369 e. The van der Waals surface area contributed by atoms with Gasteiger partial charge in [-0.2, -0.15) is 0 Å². The Kier molecular flexibility index (Phi) is 7.03. The minimum Gasteiger partial charge on any atom is -0.369 e. The molecule has 21 heavy (non-hydrogen) atoms. The zero-order valence-electron chi connectivity index (χ0n) is 12.2. The Hall–Kier alpha value is -1.74. The summed E-state index contributed by atoms with van der Waals surface area (Å²) in [5.41, 5.74) is 0.230. The van der Waals surface area contributed by atoms with E-state index in [-0.39, 0.29) is 18.1 Å². The Morgan fingerprint density at radius 2 is 1.95 bits per heavy atom. The molecule has 3 N–H and O–H groups in total. The molecule has 0 aliphatic carbocycles. The maximum absolute atomic E-state index is 11.8. The number of aromatic nitrogens is 2. The molecule has 0 saturated heterocycles. The van der Waals surface area contributed by atoms with E-state index in [9.17, 15) is 13.2 Å². The summed E-state index contributed by atoms with van der Waals surface area (Å²) in [5, 5.41) is 13.4. The number of hydrogen-bond acceptors (Lipinski definition) is 6. The molecular formula is C12H21N5O3S. The van der Waals surface area contributed by atoms with Gasteiger partial charge in [0.2, 0.25) is 10.0 Å². The second-order valence-corrected chi connectivity index (χ2v) is 6.34. The molecule has 0 fully saturated rings. The number of anilines is 1. The van der Waals surface area contributed by atoms with Crippen LogP contribution in [0.5, 0.6) is 0 Å². The first-order valence-electron chi connectivity index (χ1n) is 6.73. The lowest BCUT2D eigenvalue weighted by Crippen LogP contribution is -2.29. The molecular weight excluding hydrogens is 294 g/mol. The Balaban J connectivity index is 2.31. The van der Waals surface area contributed by atoms with Crippen LogP contribution in [-0.4, -0.2) is 50.4 Å². The van der Waals surface area contributed by atoms with E-state index in [1.54, 1.807) is 12.1 Å². The van der Waals surface area contributed by atoms with Crippen LogP contribution in [0.15, 0.2) is 12.1 Å². The lowest BCUT2D eigenvalue weighted by atomic mass is 10.3. The van der Waals surface area contributed by atoms with Crippen LogP contribution in [0.4, 0.5) is 5.82 Å². The molecule has 0 unspecified atom stereocenters. The first-order chi connectivity index (χ1) is 9.92. The number of rotatable bonds is 9. The molecule has 1 aromatic heterocycles. The van der Waals surface area contributed by atoms with E-state index < -0.39 is 10.0 Å². The second kappa shape index (κ2) is 8.53. The number of hydrogen-bond donors (Lipinski definition) is 3. The van der Waals surface area contributed by atoms with Gasteiger partial charge in [0.15, 0.2) is 5.69 Å². The summed E-state index contributed by atoms with van der Waals surface area (Å²) < 4.78 is 24.0. The van der Waals surface area contributed by atoms with E-state index in [4.69, 9.17) is 0 Å². The fraction of sp³-hybridized carbons (Fsp3) is 0.583. The topological polar surface area (TPSA) is 113 Å². The Labute approximate surface area is 124 Å². The molecule has 0 saturated carbocycles. The number of sulfonamides is 1. The van der Waals surface area contributed by atoms with Gasteiger partial charge in [0.25, 0.3) is 5.91 Å². The predicted molar refractivity (Wildman–Crippen MR) is 80.6 cm³/mol. The number of nitrogens with zero attached hydrogens (tertiary/aromatic N) is 2. The monoisotopic (exact) mass is 315 g/mol. The van der Waals surface area contributed by atoms with E-state index >= 15 is 0 Å². The molecule has 118 valence electrons. The summed E-state index contributed by atoms with van der Waals surface area (Å²) in [4.78, 5) is 11.8. The van der Waals surface area contributed by atoms with Gasteiger partial charge >= 0.3 is 0 Å². The summed E-state index contributed by atoms with van der Waals surface area (Å²) in [5.74, 6) is 0.301. The van der Waals surface area contributed by atoms with Gasteiger partial charge in [0.05, 0.1) is 6.26 Å². The van der Waals surface area contributed by atoms with Crippen molar-refractivity contribution in [3.8, 4) is 0 Å². The first kappa shape index (κ1) is 17.3. The van der Waals surface area contributed by atoms with Gasteiger partial charge in [-0.1, -0.05) is 6.92 Å². The van der Waals surface area contributed by atoms with Gasteiger partial charge in [-0.25, -0.2) is 13.1 Å². The zero-order valence-corrected chi connectivity index (χ0v) is 13.0. The van der Waals surface area contributed by atoms with Crippen molar-refractivity contribution in [3.63, 3.8) is 0 Å². The zero-order chi connectivity index (χ0) is 15.7. The van der Waals surface area contributed by atoms with Gasteiger partial charge in [-0.15, -0.1) is 10.2 Å². The summed E-state index contributed by atoms with van der Waals surface area (Å²) in [7, 11) is -3.18. The van der Waals surface area contributed by atoms with Gasteiger partial charge in [0.1, 0.15) is 5.82 Å². The third-order valence-corrected chi connectivity index (χ3v) is 3.19. The lowest BCUT2D eigenvalue weighted by Gasteiger charge is -2.06. The van der Waals surface area contributed by atoms with Crippen LogP contribution < -0.4 is 15.4 Å². The molecule has 1 rings (SSSR count). The van der Waals surface area contributed by atoms with Crippen LogP contribution in [0.1, 0.15) is 30.3 Å². The van der Waals surface area contributed by atoms with Crippen molar-refractivity contribution in [2.45, 2.75) is 19.8 Å². The highest BCUT2D eigenvalue weighted by atomic mass is 32.2. The molecule has 0 spiro atoms. The Morgan fingerprint density at radius 3 is 2.52 bits per heavy atom. The van der Waals surface area contributed by atoms with Crippen molar-refractivity contribution in [1.29, 1.82) is 0 Å². The summed E-state index contributed by atoms with van der Waals surface area (Å²) >= 11 is 0. The van der Waals surface area contributed by atoms with Gasteiger partial charge < -0.3 is 10.6 Å². The summed E-state index contributed by atoms with van der Waals surface area (Å²) in [6, 6.07) is 3.29. The molecule has 1 aromatic rings. The first-order valence-corrected chi connectivity index (χ1v) is 8.62. The van der Waals surface area contributed by atoms with Crippen LogP contribution in [0.3, 0.4) is 0 Å². The Bertz CT molecular complexity index is 545. The van der Waals surface area contributed by atoms with Crippen LogP contribution in [0.2, 0.25) is 0 Å². The van der Waals surface area contributed by atoms with Gasteiger partial charge in [0, 0.05) is 19.6 Å². The highest BCUT2D eigenvalue weighted by Crippen LogP contribution is 2.01. The maximum Gasteiger partial charge on any atom is 0.271 e. The van der Waals surface area contributed by atoms with Crippen molar-refractivity contribution in [3.05, 3.63) is 17.8 Å². The predicted octanol–water partition coefficient (Wildman–Crippen LogP) is -0.0324. The fourth-order valence-electron chi connectivity index (χ4n) is 1.44. The van der Waals surface area contributed by atoms with Crippen LogP contribution in [-0.2, 0) is 10.0 Å². The number of nitrogens with one attached hydrogen (secondary N) is 3. The van der Waals surface area contributed by atoms with E-state index in [0.717, 1.165) is 19.2 Å². The van der Waals surface area contributed by atoms with Crippen molar-refractivity contribution in [1.82, 2.24) is 20.2 Å². The smallest absolute Gasteiger partial charge is 0.271 e. The third kappa shape index (κ3) is 7.57. The minimum absolute atomic E-state index is 0.230. The number of carbonyl (C=O) groups excluding carboxylic acids is 1. The van der Waals surface area contributed by atoms with Crippen molar-refractivity contribution in [2.75, 3.05) is 31.2 Å². The average Bonchev–Trinajstić information content (AvgIpc) is 2.44. The van der Waals surface area contributed by atoms with E-state index in [1.807, 2.05) is 6.92 Å². The van der Waals surface area contributed by atoms with E-state index in [1.165, 1.54) is 0 Å². The SMILES string of the molecule is CCCNc1ccc(C(=O)NCCCNS(C)(=O)=O)nn1. The average molecular weight is 315 g/mol. The summed E-state index contributed by atoms with van der Waals surface area (Å²) in [6.45, 7) is 3.48. The van der Waals surface area contributed by atoms with Crippen molar-refractivity contribution in [2.24, 2.45) is 0 Å². The molecule has 1 amide bonds. The minimum atomic E-state index is -3.18. The molecule has 0 aliphatic rings. The van der Waals surface area contributed by atoms with Gasteiger partial charge in [-0.05, 0) is 25.0 Å². The molecule has 0 aliphatic heterocycles. The lowest BCUT2D eigenvalue weighted by molar-refractivity contribution is 0.0947. The highest BCUT2D eigenvalue weighted by Gasteiger charge is 2.07. The highest BCUT2D eigenvalue weighted by molar-refractivity contribution is 7.88. The maximum atomic E-state index is 11.8. The number of carbonyl (C=O) groups is 1. The quantitative estimate of drug-likeness (QED) is 0.551. The molecule has 0 aromatic carbocycles. The van der Waals surface area contributed by atoms with E-state index in [0.29, 0.717) is 18.8 Å². The second-order valence-electron chi connectivity index (χ2n) is 4.51. The van der Waals surface area contributed by atoms with Crippen LogP contribution in [0.25, 0.3) is 0 Å². The van der Waals surface area contributed by atoms with Crippen LogP contribution >= 0.6 is 0 Å². The standard InChI is InChI=1S/C12H21N5O3S/c1-3-7-13-11-6-5-10(16-17-11)12(18)14-8-4-9-15-21(2,19)20/h5-6,15H,3-4,7-9H2,1-2H3,(H,13,17)(H,14,18). The molecule has 0 bridgehead atoms. The number of amides is 1. The molecule has 8 nitrogen and oxygen atoms in total. The fourth-order valence-corrected chi connectivity index (χ4v) is 1.95. The molecule has 0 radical (unpaired) electrons. The van der Waals surface area contributed by atoms with E-state index in [2.05, 4.69) is 25.6 Å². The molecule has 9 heteroatoms. The normalized spacial score (nSPS) is 11.1. The Morgan fingerprint density at radius 1 is 1.19 bits per heavy atom. The third-order valence-electron chi connectivity index (χ3n) is 2.46.